The van der Waals surface area contributed by atoms with Gasteiger partial charge in [-0.2, -0.15) is 0 Å². The number of hydrogen-bond acceptors (Lipinski definition) is 3. The van der Waals surface area contributed by atoms with Crippen molar-refractivity contribution in [3.05, 3.63) is 0 Å². The Morgan fingerprint density at radius 1 is 1.27 bits per heavy atom. The molecule has 0 atom stereocenters. The first-order valence-corrected chi connectivity index (χ1v) is 6.03. The number of carbonyl (C=O) groups is 1. The molecule has 0 fully saturated rings. The van der Waals surface area contributed by atoms with Crippen LogP contribution in [0.25, 0.3) is 0 Å². The highest BCUT2D eigenvalue weighted by Crippen LogP contribution is 2.01. The van der Waals surface area contributed by atoms with E-state index in [0.717, 1.165) is 25.4 Å². The summed E-state index contributed by atoms with van der Waals surface area (Å²) in [4.78, 5) is 11.0. The van der Waals surface area contributed by atoms with E-state index in [0.29, 0.717) is 13.0 Å². The lowest BCUT2D eigenvalue weighted by atomic mass is 10.1. The molecule has 15 heavy (non-hydrogen) atoms. The number of carbonyl (C=O) groups excluding carboxylic acids is 1. The molecule has 1 N–H and O–H groups in total. The molecule has 0 radical (unpaired) electrons. The van der Waals surface area contributed by atoms with Crippen LogP contribution in [0.1, 0.15) is 46.5 Å². The van der Waals surface area contributed by atoms with Gasteiger partial charge in [0.2, 0.25) is 0 Å². The molecule has 0 spiro atoms. The van der Waals surface area contributed by atoms with Gasteiger partial charge in [0.1, 0.15) is 0 Å². The van der Waals surface area contributed by atoms with Gasteiger partial charge in [0.25, 0.3) is 0 Å². The zero-order valence-electron chi connectivity index (χ0n) is 10.3. The van der Waals surface area contributed by atoms with Crippen molar-refractivity contribution in [1.82, 2.24) is 5.32 Å². The molecule has 0 saturated heterocycles. The van der Waals surface area contributed by atoms with Crippen molar-refractivity contribution >= 4 is 5.97 Å². The van der Waals surface area contributed by atoms with Crippen molar-refractivity contribution in [3.8, 4) is 0 Å². The van der Waals surface area contributed by atoms with Crippen molar-refractivity contribution in [2.24, 2.45) is 5.92 Å². The molecule has 0 aromatic rings. The maximum absolute atomic E-state index is 11.0. The first-order valence-electron chi connectivity index (χ1n) is 6.03. The molecule has 0 aliphatic heterocycles. The smallest absolute Gasteiger partial charge is 0.305 e. The molecule has 0 saturated carbocycles. The van der Waals surface area contributed by atoms with Gasteiger partial charge in [0.15, 0.2) is 0 Å². The lowest BCUT2D eigenvalue weighted by Gasteiger charge is -2.06. The van der Waals surface area contributed by atoms with Gasteiger partial charge >= 0.3 is 5.97 Å². The summed E-state index contributed by atoms with van der Waals surface area (Å²) in [6.07, 6.45) is 3.90. The van der Waals surface area contributed by atoms with Crippen molar-refractivity contribution in [3.63, 3.8) is 0 Å². The molecule has 0 amide bonds. The van der Waals surface area contributed by atoms with Crippen LogP contribution in [0.15, 0.2) is 0 Å². The third-order valence-electron chi connectivity index (χ3n) is 2.17. The highest BCUT2D eigenvalue weighted by atomic mass is 16.5. The standard InChI is InChI=1S/C12H25NO2/c1-4-15-12(14)8-6-10-13-9-5-7-11(2)3/h11,13H,4-10H2,1-3H3. The Kier molecular flexibility index (Phi) is 9.59. The maximum atomic E-state index is 11.0. The normalized spacial score (nSPS) is 10.7. The molecule has 3 heteroatoms. The maximum Gasteiger partial charge on any atom is 0.305 e. The topological polar surface area (TPSA) is 38.3 Å². The molecule has 0 rings (SSSR count). The Labute approximate surface area is 93.6 Å². The molecule has 0 aromatic carbocycles. The molecule has 0 aromatic heterocycles. The van der Waals surface area contributed by atoms with E-state index >= 15 is 0 Å². The highest BCUT2D eigenvalue weighted by molar-refractivity contribution is 5.69. The monoisotopic (exact) mass is 215 g/mol. The van der Waals surface area contributed by atoms with Gasteiger partial charge in [-0.15, -0.1) is 0 Å². The van der Waals surface area contributed by atoms with Crippen LogP contribution in [-0.4, -0.2) is 25.7 Å². The van der Waals surface area contributed by atoms with E-state index in [9.17, 15) is 4.79 Å². The van der Waals surface area contributed by atoms with Crippen LogP contribution in [0, 0.1) is 5.92 Å². The van der Waals surface area contributed by atoms with E-state index in [1.807, 2.05) is 6.92 Å². The quantitative estimate of drug-likeness (QED) is 0.474. The predicted octanol–water partition coefficient (Wildman–Crippen LogP) is 2.36. The first-order chi connectivity index (χ1) is 7.16. The fourth-order valence-electron chi connectivity index (χ4n) is 1.35. The minimum atomic E-state index is -0.0820. The van der Waals surface area contributed by atoms with E-state index in [1.54, 1.807) is 0 Å². The highest BCUT2D eigenvalue weighted by Gasteiger charge is 2.00. The molecule has 0 heterocycles. The average molecular weight is 215 g/mol. The third kappa shape index (κ3) is 11.4. The summed E-state index contributed by atoms with van der Waals surface area (Å²) in [6, 6.07) is 0. The van der Waals surface area contributed by atoms with Gasteiger partial charge in [-0.3, -0.25) is 4.79 Å². The largest absolute Gasteiger partial charge is 0.466 e. The number of ether oxygens (including phenoxy) is 1. The Morgan fingerprint density at radius 2 is 1.93 bits per heavy atom. The van der Waals surface area contributed by atoms with Gasteiger partial charge in [-0.1, -0.05) is 13.8 Å². The van der Waals surface area contributed by atoms with Crippen LogP contribution in [-0.2, 0) is 9.53 Å². The van der Waals surface area contributed by atoms with Crippen molar-refractivity contribution in [2.75, 3.05) is 19.7 Å². The average Bonchev–Trinajstić information content (AvgIpc) is 2.16. The fourth-order valence-corrected chi connectivity index (χ4v) is 1.35. The van der Waals surface area contributed by atoms with Crippen LogP contribution < -0.4 is 5.32 Å². The summed E-state index contributed by atoms with van der Waals surface area (Å²) in [7, 11) is 0. The van der Waals surface area contributed by atoms with Gasteiger partial charge in [-0.25, -0.2) is 0 Å². The van der Waals surface area contributed by atoms with Gasteiger partial charge in [0, 0.05) is 6.42 Å². The fraction of sp³-hybridized carbons (Fsp3) is 0.917. The van der Waals surface area contributed by atoms with Crippen LogP contribution in [0.5, 0.6) is 0 Å². The Hall–Kier alpha value is -0.570. The lowest BCUT2D eigenvalue weighted by Crippen LogP contribution is -2.18. The van der Waals surface area contributed by atoms with E-state index < -0.39 is 0 Å². The van der Waals surface area contributed by atoms with Gasteiger partial charge < -0.3 is 10.1 Å². The third-order valence-corrected chi connectivity index (χ3v) is 2.17. The Bertz CT molecular complexity index is 158. The summed E-state index contributed by atoms with van der Waals surface area (Å²) in [5.41, 5.74) is 0. The minimum Gasteiger partial charge on any atom is -0.466 e. The van der Waals surface area contributed by atoms with E-state index in [1.165, 1.54) is 12.8 Å². The second-order valence-corrected chi connectivity index (χ2v) is 4.19. The van der Waals surface area contributed by atoms with Crippen LogP contribution in [0.4, 0.5) is 0 Å². The molecule has 0 aliphatic rings. The summed E-state index contributed by atoms with van der Waals surface area (Å²) >= 11 is 0. The lowest BCUT2D eigenvalue weighted by molar-refractivity contribution is -0.143. The van der Waals surface area contributed by atoms with Crippen molar-refractivity contribution in [2.45, 2.75) is 46.5 Å². The van der Waals surface area contributed by atoms with E-state index in [-0.39, 0.29) is 5.97 Å². The van der Waals surface area contributed by atoms with Gasteiger partial charge in [-0.05, 0) is 45.2 Å². The van der Waals surface area contributed by atoms with Crippen LogP contribution >= 0.6 is 0 Å². The molecule has 3 nitrogen and oxygen atoms in total. The Balaban J connectivity index is 3.08. The number of hydrogen-bond donors (Lipinski definition) is 1. The second kappa shape index (κ2) is 9.97. The molecule has 0 bridgehead atoms. The molecule has 0 aliphatic carbocycles. The second-order valence-electron chi connectivity index (χ2n) is 4.19. The number of rotatable bonds is 9. The summed E-state index contributed by atoms with van der Waals surface area (Å²) in [6.45, 7) is 8.77. The van der Waals surface area contributed by atoms with Crippen molar-refractivity contribution in [1.29, 1.82) is 0 Å². The van der Waals surface area contributed by atoms with E-state index in [2.05, 4.69) is 19.2 Å². The predicted molar refractivity (Wildman–Crippen MR) is 62.8 cm³/mol. The number of esters is 1. The van der Waals surface area contributed by atoms with Crippen LogP contribution in [0.3, 0.4) is 0 Å². The molecular formula is C12H25NO2. The molecule has 90 valence electrons. The SMILES string of the molecule is CCOC(=O)CCCNCCCC(C)C. The Morgan fingerprint density at radius 3 is 2.53 bits per heavy atom. The summed E-state index contributed by atoms with van der Waals surface area (Å²) in [5.74, 6) is 0.702. The summed E-state index contributed by atoms with van der Waals surface area (Å²) < 4.78 is 4.83. The minimum absolute atomic E-state index is 0.0820. The molecular weight excluding hydrogens is 190 g/mol. The number of nitrogens with one attached hydrogen (secondary N) is 1. The first kappa shape index (κ1) is 14.4. The summed E-state index contributed by atoms with van der Waals surface area (Å²) in [5, 5.41) is 3.33. The van der Waals surface area contributed by atoms with Crippen molar-refractivity contribution < 1.29 is 9.53 Å². The zero-order chi connectivity index (χ0) is 11.5. The van der Waals surface area contributed by atoms with Crippen LogP contribution in [0.2, 0.25) is 0 Å². The van der Waals surface area contributed by atoms with E-state index in [4.69, 9.17) is 4.74 Å². The zero-order valence-corrected chi connectivity index (χ0v) is 10.3. The molecule has 0 unspecified atom stereocenters. The van der Waals surface area contributed by atoms with Gasteiger partial charge in [0.05, 0.1) is 6.61 Å².